The molecule has 1 amide bonds. The number of amides is 1. The number of nitrogens with zero attached hydrogens (tertiary/aromatic N) is 1. The van der Waals surface area contributed by atoms with Crippen LogP contribution in [0.2, 0.25) is 0 Å². The van der Waals surface area contributed by atoms with Gasteiger partial charge in [-0.05, 0) is 33.1 Å². The molecule has 17 heavy (non-hydrogen) atoms. The lowest BCUT2D eigenvalue weighted by molar-refractivity contribution is 0.0933. The van der Waals surface area contributed by atoms with Gasteiger partial charge in [0.1, 0.15) is 5.69 Å². The lowest BCUT2D eigenvalue weighted by atomic mass is 10.3. The quantitative estimate of drug-likeness (QED) is 0.847. The van der Waals surface area contributed by atoms with E-state index in [0.29, 0.717) is 11.4 Å². The molecule has 96 valence electrons. The summed E-state index contributed by atoms with van der Waals surface area (Å²) >= 11 is 1.72. The number of nitrogen functional groups attached to an aromatic ring is 1. The molecule has 1 rings (SSSR count). The van der Waals surface area contributed by atoms with Crippen LogP contribution in [0.4, 0.5) is 5.69 Å². The highest BCUT2D eigenvalue weighted by atomic mass is 32.2. The smallest absolute Gasteiger partial charge is 0.268 e. The normalized spacial score (nSPS) is 12.8. The van der Waals surface area contributed by atoms with Gasteiger partial charge in [-0.1, -0.05) is 0 Å². The average molecular weight is 255 g/mol. The maximum Gasteiger partial charge on any atom is 0.268 e. The first-order chi connectivity index (χ1) is 7.95. The summed E-state index contributed by atoms with van der Waals surface area (Å²) in [6, 6.07) is 2.11. The summed E-state index contributed by atoms with van der Waals surface area (Å²) in [6.45, 7) is 6.06. The Bertz CT molecular complexity index is 387. The second-order valence-corrected chi connectivity index (χ2v) is 5.40. The van der Waals surface area contributed by atoms with Crippen molar-refractivity contribution in [1.29, 1.82) is 0 Å². The molecule has 1 aromatic rings. The summed E-state index contributed by atoms with van der Waals surface area (Å²) in [7, 11) is 0. The molecular weight excluding hydrogens is 234 g/mol. The van der Waals surface area contributed by atoms with E-state index >= 15 is 0 Å². The van der Waals surface area contributed by atoms with Crippen molar-refractivity contribution in [2.24, 2.45) is 0 Å². The van der Waals surface area contributed by atoms with Gasteiger partial charge in [-0.15, -0.1) is 0 Å². The van der Waals surface area contributed by atoms with Gasteiger partial charge in [0, 0.05) is 24.0 Å². The van der Waals surface area contributed by atoms with E-state index in [1.165, 1.54) is 0 Å². The second-order valence-electron chi connectivity index (χ2n) is 4.49. The second kappa shape index (κ2) is 6.00. The zero-order chi connectivity index (χ0) is 13.0. The molecule has 0 saturated carbocycles. The first kappa shape index (κ1) is 14.0. The molecule has 0 fully saturated rings. The third-order valence-electron chi connectivity index (χ3n) is 2.45. The molecule has 0 aliphatic carbocycles. The summed E-state index contributed by atoms with van der Waals surface area (Å²) in [4.78, 5) is 12.1. The minimum absolute atomic E-state index is 0.0584. The molecule has 4 nitrogen and oxygen atoms in total. The number of nitrogens with one attached hydrogen (secondary N) is 1. The highest BCUT2D eigenvalue weighted by Gasteiger charge is 2.16. The van der Waals surface area contributed by atoms with Gasteiger partial charge < -0.3 is 15.6 Å². The number of anilines is 1. The van der Waals surface area contributed by atoms with Gasteiger partial charge in [-0.2, -0.15) is 11.8 Å². The van der Waals surface area contributed by atoms with Crippen molar-refractivity contribution in [3.63, 3.8) is 0 Å². The van der Waals surface area contributed by atoms with E-state index in [-0.39, 0.29) is 18.0 Å². The summed E-state index contributed by atoms with van der Waals surface area (Å²) in [6.07, 6.45) is 3.83. The molecule has 1 aromatic heterocycles. The number of rotatable bonds is 5. The number of hydrogen-bond acceptors (Lipinski definition) is 3. The molecule has 0 saturated heterocycles. The molecule has 0 spiro atoms. The highest BCUT2D eigenvalue weighted by Crippen LogP contribution is 2.16. The molecule has 0 aromatic carbocycles. The van der Waals surface area contributed by atoms with Crippen molar-refractivity contribution in [2.45, 2.75) is 32.9 Å². The molecular formula is C12H21N3OS. The minimum atomic E-state index is -0.0584. The Kier molecular flexibility index (Phi) is 4.93. The lowest BCUT2D eigenvalue weighted by Gasteiger charge is -2.15. The number of hydrogen-bond donors (Lipinski definition) is 2. The Morgan fingerprint density at radius 1 is 1.53 bits per heavy atom. The van der Waals surface area contributed by atoms with Crippen LogP contribution in [0.15, 0.2) is 12.3 Å². The van der Waals surface area contributed by atoms with E-state index in [9.17, 15) is 4.79 Å². The van der Waals surface area contributed by atoms with Crippen LogP contribution in [0, 0.1) is 0 Å². The van der Waals surface area contributed by atoms with Crippen LogP contribution >= 0.6 is 11.8 Å². The lowest BCUT2D eigenvalue weighted by Crippen LogP contribution is -2.35. The van der Waals surface area contributed by atoms with E-state index in [1.807, 2.05) is 31.6 Å². The molecule has 0 aliphatic heterocycles. The highest BCUT2D eigenvalue weighted by molar-refractivity contribution is 7.98. The monoisotopic (exact) mass is 255 g/mol. The summed E-state index contributed by atoms with van der Waals surface area (Å²) in [5.41, 5.74) is 7.00. The largest absolute Gasteiger partial charge is 0.397 e. The van der Waals surface area contributed by atoms with Gasteiger partial charge in [-0.25, -0.2) is 0 Å². The molecule has 0 radical (unpaired) electrons. The SMILES string of the molecule is CSCC(C)NC(=O)c1cc(N)cn1C(C)C. The first-order valence-corrected chi connectivity index (χ1v) is 7.12. The van der Waals surface area contributed by atoms with Crippen molar-refractivity contribution in [3.05, 3.63) is 18.0 Å². The van der Waals surface area contributed by atoms with Crippen molar-refractivity contribution >= 4 is 23.4 Å². The summed E-state index contributed by atoms with van der Waals surface area (Å²) in [5, 5.41) is 2.97. The van der Waals surface area contributed by atoms with E-state index < -0.39 is 0 Å². The van der Waals surface area contributed by atoms with Gasteiger partial charge in [0.15, 0.2) is 0 Å². The van der Waals surface area contributed by atoms with Crippen LogP contribution in [0.5, 0.6) is 0 Å². The number of carbonyl (C=O) groups excluding carboxylic acids is 1. The van der Waals surface area contributed by atoms with Crippen molar-refractivity contribution in [1.82, 2.24) is 9.88 Å². The predicted molar refractivity (Wildman–Crippen MR) is 74.5 cm³/mol. The van der Waals surface area contributed by atoms with Crippen molar-refractivity contribution in [3.8, 4) is 0 Å². The molecule has 0 aliphatic rings. The van der Waals surface area contributed by atoms with E-state index in [1.54, 1.807) is 24.0 Å². The summed E-state index contributed by atoms with van der Waals surface area (Å²) in [5.74, 6) is 0.848. The fourth-order valence-corrected chi connectivity index (χ4v) is 2.28. The van der Waals surface area contributed by atoms with E-state index in [0.717, 1.165) is 5.75 Å². The van der Waals surface area contributed by atoms with Crippen LogP contribution in [-0.4, -0.2) is 28.5 Å². The molecule has 1 heterocycles. The van der Waals surface area contributed by atoms with Crippen molar-refractivity contribution < 1.29 is 4.79 Å². The van der Waals surface area contributed by atoms with Crippen LogP contribution in [0.25, 0.3) is 0 Å². The fraction of sp³-hybridized carbons (Fsp3) is 0.583. The Hall–Kier alpha value is -1.10. The molecule has 5 heteroatoms. The van der Waals surface area contributed by atoms with Crippen LogP contribution < -0.4 is 11.1 Å². The maximum absolute atomic E-state index is 12.1. The van der Waals surface area contributed by atoms with Crippen LogP contribution in [0.1, 0.15) is 37.3 Å². The van der Waals surface area contributed by atoms with E-state index in [4.69, 9.17) is 5.73 Å². The van der Waals surface area contributed by atoms with Gasteiger partial charge in [0.2, 0.25) is 0 Å². The Morgan fingerprint density at radius 3 is 2.71 bits per heavy atom. The minimum Gasteiger partial charge on any atom is -0.397 e. The van der Waals surface area contributed by atoms with Gasteiger partial charge >= 0.3 is 0 Å². The third kappa shape index (κ3) is 3.70. The molecule has 3 N–H and O–H groups in total. The Morgan fingerprint density at radius 2 is 2.18 bits per heavy atom. The number of aromatic nitrogens is 1. The van der Waals surface area contributed by atoms with Crippen LogP contribution in [0.3, 0.4) is 0 Å². The maximum atomic E-state index is 12.1. The molecule has 1 atom stereocenters. The topological polar surface area (TPSA) is 60.1 Å². The fourth-order valence-electron chi connectivity index (χ4n) is 1.70. The van der Waals surface area contributed by atoms with Gasteiger partial charge in [0.25, 0.3) is 5.91 Å². The number of nitrogens with two attached hydrogens (primary N) is 1. The van der Waals surface area contributed by atoms with Gasteiger partial charge in [-0.3, -0.25) is 4.79 Å². The predicted octanol–water partition coefficient (Wildman–Crippen LogP) is 2.13. The zero-order valence-corrected chi connectivity index (χ0v) is 11.7. The Balaban J connectivity index is 2.81. The standard InChI is InChI=1S/C12H21N3OS/c1-8(2)15-6-10(13)5-11(15)12(16)14-9(3)7-17-4/h5-6,8-9H,7,13H2,1-4H3,(H,14,16). The van der Waals surface area contributed by atoms with Gasteiger partial charge in [0.05, 0.1) is 5.69 Å². The Labute approximate surface area is 107 Å². The summed E-state index contributed by atoms with van der Waals surface area (Å²) < 4.78 is 1.90. The third-order valence-corrected chi connectivity index (χ3v) is 3.29. The van der Waals surface area contributed by atoms with Crippen molar-refractivity contribution in [2.75, 3.05) is 17.7 Å². The molecule has 0 bridgehead atoms. The average Bonchev–Trinajstić information content (AvgIpc) is 2.60. The number of thioether (sulfide) groups is 1. The first-order valence-electron chi connectivity index (χ1n) is 5.72. The molecule has 1 unspecified atom stereocenters. The van der Waals surface area contributed by atoms with Crippen LogP contribution in [-0.2, 0) is 0 Å². The number of carbonyl (C=O) groups is 1. The zero-order valence-electron chi connectivity index (χ0n) is 10.9. The van der Waals surface area contributed by atoms with E-state index in [2.05, 4.69) is 5.32 Å².